The second-order valence-corrected chi connectivity index (χ2v) is 5.52. The van der Waals surface area contributed by atoms with Crippen LogP contribution in [0, 0.1) is 15.9 Å². The topological polar surface area (TPSA) is 93.3 Å². The maximum atomic E-state index is 13.5. The quantitative estimate of drug-likeness (QED) is 0.651. The fourth-order valence-corrected chi connectivity index (χ4v) is 2.78. The van der Waals surface area contributed by atoms with Crippen LogP contribution in [0.4, 0.5) is 10.1 Å². The average Bonchev–Trinajstić information content (AvgIpc) is 3.03. The Bertz CT molecular complexity index is 769. The van der Waals surface area contributed by atoms with E-state index in [0.717, 1.165) is 6.20 Å². The van der Waals surface area contributed by atoms with Crippen molar-refractivity contribution in [2.45, 2.75) is 12.6 Å². The number of carbonyl (C=O) groups is 1. The van der Waals surface area contributed by atoms with Gasteiger partial charge in [0.05, 0.1) is 11.0 Å². The van der Waals surface area contributed by atoms with Crippen LogP contribution in [0.25, 0.3) is 0 Å². The summed E-state index contributed by atoms with van der Waals surface area (Å²) in [5.74, 6) is -0.572. The summed E-state index contributed by atoms with van der Waals surface area (Å²) >= 11 is 0. The van der Waals surface area contributed by atoms with E-state index >= 15 is 0 Å². The lowest BCUT2D eigenvalue weighted by Crippen LogP contribution is -2.49. The van der Waals surface area contributed by atoms with E-state index in [-0.39, 0.29) is 42.4 Å². The van der Waals surface area contributed by atoms with E-state index in [1.807, 2.05) is 0 Å². The lowest BCUT2D eigenvalue weighted by atomic mass is 10.0. The van der Waals surface area contributed by atoms with Gasteiger partial charge in [-0.3, -0.25) is 19.6 Å². The summed E-state index contributed by atoms with van der Waals surface area (Å²) in [6.07, 6.45) is 2.33. The minimum atomic E-state index is -0.561. The molecule has 1 aromatic heterocycles. The van der Waals surface area contributed by atoms with E-state index in [1.54, 1.807) is 17.0 Å². The van der Waals surface area contributed by atoms with Crippen molar-refractivity contribution in [3.05, 3.63) is 58.2 Å². The number of nitrogens with one attached hydrogen (secondary N) is 1. The second kappa shape index (κ2) is 8.04. The SMILES string of the molecule is Cl.O=C(Cn1cc([N+](=O)[O-])cn1)N1CCNCC1c1cccc(F)c1. The molecule has 1 aliphatic heterocycles. The third-order valence-corrected chi connectivity index (χ3v) is 3.92. The van der Waals surface area contributed by atoms with Crippen LogP contribution in [-0.2, 0) is 11.3 Å². The third-order valence-electron chi connectivity index (χ3n) is 3.92. The highest BCUT2D eigenvalue weighted by Crippen LogP contribution is 2.23. The normalized spacial score (nSPS) is 17.0. The Balaban J connectivity index is 0.00000225. The van der Waals surface area contributed by atoms with Gasteiger partial charge in [0.15, 0.2) is 0 Å². The molecule has 8 nitrogen and oxygen atoms in total. The maximum absolute atomic E-state index is 13.5. The maximum Gasteiger partial charge on any atom is 0.307 e. The van der Waals surface area contributed by atoms with Crippen molar-refractivity contribution >= 4 is 24.0 Å². The summed E-state index contributed by atoms with van der Waals surface area (Å²) in [7, 11) is 0. The van der Waals surface area contributed by atoms with Gasteiger partial charge in [-0.05, 0) is 17.7 Å². The molecule has 1 aliphatic rings. The molecular formula is C15H17ClFN5O3. The predicted molar refractivity (Wildman–Crippen MR) is 89.9 cm³/mol. The van der Waals surface area contributed by atoms with Gasteiger partial charge >= 0.3 is 5.69 Å². The zero-order chi connectivity index (χ0) is 17.1. The predicted octanol–water partition coefficient (Wildman–Crippen LogP) is 1.53. The minimum absolute atomic E-state index is 0. The van der Waals surface area contributed by atoms with Crippen molar-refractivity contribution in [2.24, 2.45) is 0 Å². The molecule has 1 fully saturated rings. The number of nitro groups is 1. The molecule has 25 heavy (non-hydrogen) atoms. The molecule has 1 amide bonds. The standard InChI is InChI=1S/C15H16FN5O3.ClH/c16-12-3-1-2-11(6-12)14-8-17-4-5-20(14)15(22)10-19-9-13(7-18-19)21(23)24;/h1-3,6-7,9,14,17H,4-5,8,10H2;1H. The number of nitrogens with zero attached hydrogens (tertiary/aromatic N) is 4. The fourth-order valence-electron chi connectivity index (χ4n) is 2.78. The van der Waals surface area contributed by atoms with Crippen LogP contribution in [-0.4, -0.2) is 45.1 Å². The fraction of sp³-hybridized carbons (Fsp3) is 0.333. The van der Waals surface area contributed by atoms with Crippen LogP contribution in [0.2, 0.25) is 0 Å². The van der Waals surface area contributed by atoms with E-state index < -0.39 is 4.92 Å². The first-order valence-electron chi connectivity index (χ1n) is 7.47. The largest absolute Gasteiger partial charge is 0.331 e. The summed E-state index contributed by atoms with van der Waals surface area (Å²) in [6.45, 7) is 1.54. The van der Waals surface area contributed by atoms with E-state index in [9.17, 15) is 19.3 Å². The summed E-state index contributed by atoms with van der Waals surface area (Å²) in [5, 5.41) is 17.7. The summed E-state index contributed by atoms with van der Waals surface area (Å²) in [6, 6.07) is 5.87. The molecule has 0 radical (unpaired) electrons. The molecule has 10 heteroatoms. The number of hydrogen-bond acceptors (Lipinski definition) is 5. The van der Waals surface area contributed by atoms with E-state index in [4.69, 9.17) is 0 Å². The molecular weight excluding hydrogens is 353 g/mol. The lowest BCUT2D eigenvalue weighted by molar-refractivity contribution is -0.385. The van der Waals surface area contributed by atoms with Crippen LogP contribution in [0.3, 0.4) is 0 Å². The Labute approximate surface area is 149 Å². The van der Waals surface area contributed by atoms with Crippen molar-refractivity contribution in [2.75, 3.05) is 19.6 Å². The highest BCUT2D eigenvalue weighted by atomic mass is 35.5. The van der Waals surface area contributed by atoms with Gasteiger partial charge in [-0.2, -0.15) is 5.10 Å². The van der Waals surface area contributed by atoms with Crippen molar-refractivity contribution in [1.82, 2.24) is 20.0 Å². The van der Waals surface area contributed by atoms with Gasteiger partial charge in [0.25, 0.3) is 0 Å². The molecule has 3 rings (SSSR count). The molecule has 0 saturated carbocycles. The monoisotopic (exact) mass is 369 g/mol. The van der Waals surface area contributed by atoms with Crippen LogP contribution in [0.1, 0.15) is 11.6 Å². The highest BCUT2D eigenvalue weighted by molar-refractivity contribution is 5.85. The first-order chi connectivity index (χ1) is 11.5. The molecule has 1 atom stereocenters. The van der Waals surface area contributed by atoms with E-state index in [2.05, 4.69) is 10.4 Å². The smallest absolute Gasteiger partial charge is 0.307 e. The van der Waals surface area contributed by atoms with Gasteiger partial charge in [-0.1, -0.05) is 12.1 Å². The molecule has 0 spiro atoms. The number of aromatic nitrogens is 2. The number of rotatable bonds is 4. The Morgan fingerprint density at radius 2 is 2.28 bits per heavy atom. The zero-order valence-corrected chi connectivity index (χ0v) is 14.0. The van der Waals surface area contributed by atoms with Gasteiger partial charge in [0, 0.05) is 19.6 Å². The Morgan fingerprint density at radius 1 is 1.48 bits per heavy atom. The number of hydrogen-bond donors (Lipinski definition) is 1. The Morgan fingerprint density at radius 3 is 2.96 bits per heavy atom. The second-order valence-electron chi connectivity index (χ2n) is 5.52. The number of carbonyl (C=O) groups excluding carboxylic acids is 1. The van der Waals surface area contributed by atoms with Crippen molar-refractivity contribution in [3.8, 4) is 0 Å². The number of piperazine rings is 1. The van der Waals surface area contributed by atoms with Crippen molar-refractivity contribution in [3.63, 3.8) is 0 Å². The summed E-state index contributed by atoms with van der Waals surface area (Å²) in [5.41, 5.74) is 0.548. The van der Waals surface area contributed by atoms with Crippen LogP contribution >= 0.6 is 12.4 Å². The minimum Gasteiger partial charge on any atom is -0.331 e. The Kier molecular flexibility index (Phi) is 6.05. The third kappa shape index (κ3) is 4.31. The first-order valence-corrected chi connectivity index (χ1v) is 7.47. The molecule has 2 heterocycles. The molecule has 1 N–H and O–H groups in total. The van der Waals surface area contributed by atoms with Gasteiger partial charge in [-0.25, -0.2) is 4.39 Å². The summed E-state index contributed by atoms with van der Waals surface area (Å²) in [4.78, 5) is 24.4. The van der Waals surface area contributed by atoms with Crippen molar-refractivity contribution < 1.29 is 14.1 Å². The molecule has 134 valence electrons. The molecule has 2 aromatic rings. The first kappa shape index (κ1) is 18.8. The van der Waals surface area contributed by atoms with Crippen LogP contribution in [0.5, 0.6) is 0 Å². The zero-order valence-electron chi connectivity index (χ0n) is 13.2. The van der Waals surface area contributed by atoms with Gasteiger partial charge in [-0.15, -0.1) is 12.4 Å². The number of amides is 1. The number of halogens is 2. The molecule has 1 aromatic carbocycles. The van der Waals surface area contributed by atoms with Gasteiger partial charge in [0.2, 0.25) is 5.91 Å². The van der Waals surface area contributed by atoms with Crippen LogP contribution < -0.4 is 5.32 Å². The van der Waals surface area contributed by atoms with Gasteiger partial charge < -0.3 is 10.2 Å². The molecule has 0 aliphatic carbocycles. The van der Waals surface area contributed by atoms with Crippen LogP contribution in [0.15, 0.2) is 36.7 Å². The van der Waals surface area contributed by atoms with Crippen molar-refractivity contribution in [1.29, 1.82) is 0 Å². The number of benzene rings is 1. The lowest BCUT2D eigenvalue weighted by Gasteiger charge is -2.36. The van der Waals surface area contributed by atoms with E-state index in [0.29, 0.717) is 25.2 Å². The molecule has 0 bridgehead atoms. The van der Waals surface area contributed by atoms with Gasteiger partial charge in [0.1, 0.15) is 24.8 Å². The summed E-state index contributed by atoms with van der Waals surface area (Å²) < 4.78 is 14.7. The Hall–Kier alpha value is -2.52. The highest BCUT2D eigenvalue weighted by Gasteiger charge is 2.28. The average molecular weight is 370 g/mol. The van der Waals surface area contributed by atoms with E-state index in [1.165, 1.54) is 23.0 Å². The molecule has 1 unspecified atom stereocenters. The molecule has 1 saturated heterocycles.